The number of aromatic nitrogens is 1. The van der Waals surface area contributed by atoms with Crippen LogP contribution in [0.15, 0.2) is 5.38 Å². The van der Waals surface area contributed by atoms with Crippen LogP contribution in [0.3, 0.4) is 0 Å². The quantitative estimate of drug-likeness (QED) is 0.815. The molecule has 0 amide bonds. The lowest BCUT2D eigenvalue weighted by Crippen LogP contribution is -2.11. The first-order chi connectivity index (χ1) is 6.04. The highest BCUT2D eigenvalue weighted by Crippen LogP contribution is 2.29. The number of nitrogens with one attached hydrogen (secondary N) is 1. The summed E-state index contributed by atoms with van der Waals surface area (Å²) < 4.78 is 25.4. The highest BCUT2D eigenvalue weighted by atomic mass is 32.1. The summed E-state index contributed by atoms with van der Waals surface area (Å²) >= 11 is 1.02. The van der Waals surface area contributed by atoms with Crippen LogP contribution in [0, 0.1) is 0 Å². The standard InChI is InChI=1S/C8H12F2N2S/c1-8(9,10)7-12-6(5-13-7)3-4-11-2/h5,11H,3-4H2,1-2H3. The predicted molar refractivity (Wildman–Crippen MR) is 49.3 cm³/mol. The summed E-state index contributed by atoms with van der Waals surface area (Å²) in [5, 5.41) is 4.53. The van der Waals surface area contributed by atoms with Crippen molar-refractivity contribution in [1.29, 1.82) is 0 Å². The molecule has 0 atom stereocenters. The zero-order chi connectivity index (χ0) is 9.90. The average molecular weight is 206 g/mol. The zero-order valence-electron chi connectivity index (χ0n) is 7.60. The van der Waals surface area contributed by atoms with E-state index in [9.17, 15) is 8.78 Å². The maximum absolute atomic E-state index is 12.7. The fraction of sp³-hybridized carbons (Fsp3) is 0.625. The first-order valence-corrected chi connectivity index (χ1v) is 4.89. The summed E-state index contributed by atoms with van der Waals surface area (Å²) in [5.74, 6) is -2.80. The Hall–Kier alpha value is -0.550. The largest absolute Gasteiger partial charge is 0.319 e. The molecule has 0 spiro atoms. The van der Waals surface area contributed by atoms with Crippen molar-refractivity contribution in [2.24, 2.45) is 0 Å². The van der Waals surface area contributed by atoms with Crippen molar-refractivity contribution in [1.82, 2.24) is 10.3 Å². The molecule has 0 bridgehead atoms. The second-order valence-electron chi connectivity index (χ2n) is 2.89. The summed E-state index contributed by atoms with van der Waals surface area (Å²) in [6, 6.07) is 0. The fourth-order valence-corrected chi connectivity index (χ4v) is 1.67. The van der Waals surface area contributed by atoms with Crippen LogP contribution in [-0.2, 0) is 12.3 Å². The number of rotatable bonds is 4. The van der Waals surface area contributed by atoms with Gasteiger partial charge < -0.3 is 5.32 Å². The van der Waals surface area contributed by atoms with Gasteiger partial charge in [0.05, 0.1) is 5.69 Å². The predicted octanol–water partition coefficient (Wildman–Crippen LogP) is 2.02. The van der Waals surface area contributed by atoms with Gasteiger partial charge in [0.2, 0.25) is 0 Å². The maximum Gasteiger partial charge on any atom is 0.296 e. The Kier molecular flexibility index (Phi) is 3.33. The number of nitrogens with zero attached hydrogens (tertiary/aromatic N) is 1. The Morgan fingerprint density at radius 1 is 1.62 bits per heavy atom. The Labute approximate surface area is 80.0 Å². The van der Waals surface area contributed by atoms with Gasteiger partial charge in [-0.3, -0.25) is 0 Å². The molecule has 0 radical (unpaired) electrons. The van der Waals surface area contributed by atoms with E-state index in [4.69, 9.17) is 0 Å². The molecule has 0 saturated carbocycles. The van der Waals surface area contributed by atoms with Crippen LogP contribution in [0.25, 0.3) is 0 Å². The van der Waals surface area contributed by atoms with Crippen molar-refractivity contribution in [2.75, 3.05) is 13.6 Å². The molecule has 0 aliphatic rings. The molecule has 13 heavy (non-hydrogen) atoms. The highest BCUT2D eigenvalue weighted by Gasteiger charge is 2.27. The van der Waals surface area contributed by atoms with E-state index in [0.29, 0.717) is 6.42 Å². The van der Waals surface area contributed by atoms with E-state index >= 15 is 0 Å². The number of hydrogen-bond donors (Lipinski definition) is 1. The molecule has 0 aromatic carbocycles. The fourth-order valence-electron chi connectivity index (χ4n) is 0.876. The number of likely N-dealkylation sites (N-methyl/N-ethyl adjacent to an activating group) is 1. The summed E-state index contributed by atoms with van der Waals surface area (Å²) in [6.07, 6.45) is 0.698. The van der Waals surface area contributed by atoms with Crippen LogP contribution >= 0.6 is 11.3 Å². The van der Waals surface area contributed by atoms with Crippen molar-refractivity contribution in [3.8, 4) is 0 Å². The second kappa shape index (κ2) is 4.11. The van der Waals surface area contributed by atoms with Crippen LogP contribution in [0.2, 0.25) is 0 Å². The lowest BCUT2D eigenvalue weighted by molar-refractivity contribution is 0.0171. The van der Waals surface area contributed by atoms with Gasteiger partial charge in [-0.15, -0.1) is 11.3 Å². The van der Waals surface area contributed by atoms with E-state index in [1.807, 2.05) is 7.05 Å². The minimum absolute atomic E-state index is 0.0985. The summed E-state index contributed by atoms with van der Waals surface area (Å²) in [5.41, 5.74) is 0.732. The highest BCUT2D eigenvalue weighted by molar-refractivity contribution is 7.09. The van der Waals surface area contributed by atoms with E-state index in [1.165, 1.54) is 0 Å². The van der Waals surface area contributed by atoms with Gasteiger partial charge in [-0.2, -0.15) is 8.78 Å². The van der Waals surface area contributed by atoms with Gasteiger partial charge in [-0.05, 0) is 7.05 Å². The van der Waals surface area contributed by atoms with Crippen LogP contribution in [0.1, 0.15) is 17.6 Å². The van der Waals surface area contributed by atoms with Gasteiger partial charge in [-0.25, -0.2) is 4.98 Å². The number of hydrogen-bond acceptors (Lipinski definition) is 3. The lowest BCUT2D eigenvalue weighted by Gasteiger charge is -2.04. The Morgan fingerprint density at radius 2 is 2.31 bits per heavy atom. The molecule has 1 N–H and O–H groups in total. The SMILES string of the molecule is CNCCc1csc(C(C)(F)F)n1. The molecule has 0 aliphatic carbocycles. The molecule has 1 rings (SSSR count). The van der Waals surface area contributed by atoms with Gasteiger partial charge in [0, 0.05) is 25.3 Å². The van der Waals surface area contributed by atoms with Gasteiger partial charge in [0.25, 0.3) is 5.92 Å². The van der Waals surface area contributed by atoms with E-state index in [2.05, 4.69) is 10.3 Å². The maximum atomic E-state index is 12.7. The molecule has 0 unspecified atom stereocenters. The minimum atomic E-state index is -2.80. The third kappa shape index (κ3) is 3.00. The summed E-state index contributed by atoms with van der Waals surface area (Å²) in [6.45, 7) is 1.63. The number of alkyl halides is 2. The van der Waals surface area contributed by atoms with Gasteiger partial charge in [-0.1, -0.05) is 0 Å². The van der Waals surface area contributed by atoms with Crippen LogP contribution in [0.4, 0.5) is 8.78 Å². The first-order valence-electron chi connectivity index (χ1n) is 4.01. The van der Waals surface area contributed by atoms with E-state index in [-0.39, 0.29) is 5.01 Å². The lowest BCUT2D eigenvalue weighted by atomic mass is 10.3. The molecule has 1 heterocycles. The van der Waals surface area contributed by atoms with E-state index < -0.39 is 5.92 Å². The molecular formula is C8H12F2N2S. The summed E-state index contributed by atoms with van der Waals surface area (Å²) in [4.78, 5) is 3.85. The van der Waals surface area contributed by atoms with Crippen molar-refractivity contribution in [2.45, 2.75) is 19.3 Å². The van der Waals surface area contributed by atoms with Crippen molar-refractivity contribution in [3.05, 3.63) is 16.1 Å². The molecule has 5 heteroatoms. The molecule has 74 valence electrons. The molecule has 0 saturated heterocycles. The van der Waals surface area contributed by atoms with Crippen LogP contribution in [-0.4, -0.2) is 18.6 Å². The molecule has 0 fully saturated rings. The Morgan fingerprint density at radius 3 is 2.77 bits per heavy atom. The topological polar surface area (TPSA) is 24.9 Å². The van der Waals surface area contributed by atoms with Crippen LogP contribution in [0.5, 0.6) is 0 Å². The average Bonchev–Trinajstić information content (AvgIpc) is 2.47. The van der Waals surface area contributed by atoms with Crippen molar-refractivity contribution >= 4 is 11.3 Å². The molecule has 1 aromatic rings. The van der Waals surface area contributed by atoms with Crippen molar-refractivity contribution in [3.63, 3.8) is 0 Å². The van der Waals surface area contributed by atoms with Crippen molar-refractivity contribution < 1.29 is 8.78 Å². The smallest absolute Gasteiger partial charge is 0.296 e. The summed E-state index contributed by atoms with van der Waals surface area (Å²) in [7, 11) is 1.82. The van der Waals surface area contributed by atoms with E-state index in [0.717, 1.165) is 30.5 Å². The minimum Gasteiger partial charge on any atom is -0.319 e. The number of thiazole rings is 1. The zero-order valence-corrected chi connectivity index (χ0v) is 8.42. The second-order valence-corrected chi connectivity index (χ2v) is 3.74. The monoisotopic (exact) mass is 206 g/mol. The van der Waals surface area contributed by atoms with Gasteiger partial charge in [0.15, 0.2) is 5.01 Å². The molecular weight excluding hydrogens is 194 g/mol. The molecule has 2 nitrogen and oxygen atoms in total. The molecule has 0 aliphatic heterocycles. The molecule has 1 aromatic heterocycles. The van der Waals surface area contributed by atoms with Crippen LogP contribution < -0.4 is 5.32 Å². The normalized spacial score (nSPS) is 12.0. The van der Waals surface area contributed by atoms with Gasteiger partial charge >= 0.3 is 0 Å². The Balaban J connectivity index is 2.64. The van der Waals surface area contributed by atoms with E-state index in [1.54, 1.807) is 5.38 Å². The third-order valence-electron chi connectivity index (χ3n) is 1.56. The number of halogens is 2. The third-order valence-corrected chi connectivity index (χ3v) is 2.62. The first kappa shape index (κ1) is 10.5. The Bertz CT molecular complexity index is 267. The van der Waals surface area contributed by atoms with Gasteiger partial charge in [0.1, 0.15) is 0 Å².